The average molecular weight is 292 g/mol. The van der Waals surface area contributed by atoms with Crippen molar-refractivity contribution in [2.45, 2.75) is 39.7 Å². The Labute approximate surface area is 121 Å². The largest absolute Gasteiger partial charge is 0.460 e. The summed E-state index contributed by atoms with van der Waals surface area (Å²) in [7, 11) is 0. The lowest BCUT2D eigenvalue weighted by Crippen LogP contribution is -2.25. The predicted octanol–water partition coefficient (Wildman–Crippen LogP) is 2.70. The van der Waals surface area contributed by atoms with Gasteiger partial charge in [-0.05, 0) is 33.3 Å². The second kappa shape index (κ2) is 5.28. The lowest BCUT2D eigenvalue weighted by atomic mass is 10.1. The number of nitrogens with zero attached hydrogens (tertiary/aromatic N) is 2. The number of esters is 1. The third kappa shape index (κ3) is 3.19. The molecule has 0 aliphatic carbocycles. The highest BCUT2D eigenvalue weighted by molar-refractivity contribution is 7.18. The first-order chi connectivity index (χ1) is 9.30. The van der Waals surface area contributed by atoms with Crippen LogP contribution < -0.4 is 0 Å². The number of aldehydes is 1. The third-order valence-corrected chi connectivity index (χ3v) is 3.41. The zero-order valence-electron chi connectivity index (χ0n) is 11.9. The molecule has 0 aliphatic rings. The highest BCUT2D eigenvalue weighted by Gasteiger charge is 2.19. The van der Waals surface area contributed by atoms with E-state index in [2.05, 4.69) is 9.97 Å². The molecule has 20 heavy (non-hydrogen) atoms. The Bertz CT molecular complexity index is 671. The summed E-state index contributed by atoms with van der Waals surface area (Å²) in [5.74, 6) is -0.381. The van der Waals surface area contributed by atoms with Crippen LogP contribution >= 0.6 is 11.3 Å². The van der Waals surface area contributed by atoms with E-state index in [-0.39, 0.29) is 12.4 Å². The topological polar surface area (TPSA) is 69.2 Å². The van der Waals surface area contributed by atoms with E-state index in [1.807, 2.05) is 6.92 Å². The molecular weight excluding hydrogens is 276 g/mol. The molecule has 0 radical (unpaired) electrons. The first-order valence-electron chi connectivity index (χ1n) is 6.22. The van der Waals surface area contributed by atoms with Gasteiger partial charge in [-0.3, -0.25) is 9.59 Å². The Morgan fingerprint density at radius 3 is 2.75 bits per heavy atom. The van der Waals surface area contributed by atoms with E-state index in [0.717, 1.165) is 11.3 Å². The number of aryl methyl sites for hydroxylation is 1. The normalized spacial score (nSPS) is 11.6. The Balaban J connectivity index is 2.35. The second-order valence-electron chi connectivity index (χ2n) is 5.46. The summed E-state index contributed by atoms with van der Waals surface area (Å²) in [6, 6.07) is 0. The molecule has 0 atom stereocenters. The molecule has 0 spiro atoms. The number of pyridine rings is 1. The van der Waals surface area contributed by atoms with Crippen LogP contribution in [0.4, 0.5) is 0 Å². The van der Waals surface area contributed by atoms with Gasteiger partial charge in [0, 0.05) is 11.8 Å². The van der Waals surface area contributed by atoms with Gasteiger partial charge in [-0.1, -0.05) is 11.3 Å². The fraction of sp³-hybridized carbons (Fsp3) is 0.429. The molecule has 6 heteroatoms. The van der Waals surface area contributed by atoms with E-state index in [9.17, 15) is 9.59 Å². The lowest BCUT2D eigenvalue weighted by molar-refractivity contribution is -0.153. The number of aromatic nitrogens is 2. The number of thiazole rings is 1. The van der Waals surface area contributed by atoms with Gasteiger partial charge in [0.15, 0.2) is 6.29 Å². The number of carbonyl (C=O) groups excluding carboxylic acids is 2. The molecule has 0 saturated heterocycles. The molecule has 5 nitrogen and oxygen atoms in total. The maximum absolute atomic E-state index is 11.9. The van der Waals surface area contributed by atoms with Gasteiger partial charge in [0.1, 0.15) is 15.9 Å². The monoisotopic (exact) mass is 292 g/mol. The van der Waals surface area contributed by atoms with Crippen molar-refractivity contribution >= 4 is 33.9 Å². The summed E-state index contributed by atoms with van der Waals surface area (Å²) in [5, 5.41) is 0.838. The van der Waals surface area contributed by atoms with Crippen molar-refractivity contribution < 1.29 is 14.3 Å². The highest BCUT2D eigenvalue weighted by atomic mass is 32.1. The summed E-state index contributed by atoms with van der Waals surface area (Å²) in [6.07, 6.45) is 2.29. The molecule has 0 aromatic carbocycles. The Hall–Kier alpha value is -1.82. The average Bonchev–Trinajstić information content (AvgIpc) is 2.66. The van der Waals surface area contributed by atoms with Gasteiger partial charge in [0.05, 0.1) is 11.4 Å². The molecule has 2 heterocycles. The van der Waals surface area contributed by atoms with E-state index >= 15 is 0 Å². The van der Waals surface area contributed by atoms with E-state index in [1.165, 1.54) is 11.3 Å². The first-order valence-corrected chi connectivity index (χ1v) is 7.04. The summed E-state index contributed by atoms with van der Waals surface area (Å²) < 4.78 is 5.26. The van der Waals surface area contributed by atoms with Gasteiger partial charge in [0.2, 0.25) is 0 Å². The fourth-order valence-corrected chi connectivity index (χ4v) is 2.62. The molecule has 0 aliphatic heterocycles. The number of ether oxygens (including phenoxy) is 1. The Morgan fingerprint density at radius 1 is 1.45 bits per heavy atom. The van der Waals surface area contributed by atoms with Gasteiger partial charge in [-0.25, -0.2) is 9.97 Å². The zero-order chi connectivity index (χ0) is 14.9. The van der Waals surface area contributed by atoms with Crippen molar-refractivity contribution in [3.05, 3.63) is 22.3 Å². The van der Waals surface area contributed by atoms with Crippen LogP contribution in [0.2, 0.25) is 0 Å². The zero-order valence-corrected chi connectivity index (χ0v) is 12.7. The van der Waals surface area contributed by atoms with Crippen LogP contribution in [0.3, 0.4) is 0 Å². The maximum atomic E-state index is 11.9. The summed E-state index contributed by atoms with van der Waals surface area (Å²) >= 11 is 1.42. The molecular formula is C14H16N2O3S. The van der Waals surface area contributed by atoms with E-state index in [0.29, 0.717) is 21.5 Å². The minimum Gasteiger partial charge on any atom is -0.460 e. The number of rotatable bonds is 3. The Kier molecular flexibility index (Phi) is 3.85. The molecule has 0 N–H and O–H groups in total. The Morgan fingerprint density at radius 2 is 2.15 bits per heavy atom. The van der Waals surface area contributed by atoms with E-state index in [1.54, 1.807) is 27.0 Å². The van der Waals surface area contributed by atoms with Crippen LogP contribution in [0, 0.1) is 6.92 Å². The van der Waals surface area contributed by atoms with Crippen molar-refractivity contribution in [1.29, 1.82) is 0 Å². The van der Waals surface area contributed by atoms with Crippen molar-refractivity contribution in [3.63, 3.8) is 0 Å². The standard InChI is InChI=1S/C14H16N2O3S/c1-8-16-12-10(7-17)9(6-15-13(12)20-8)5-11(18)19-14(2,3)4/h6-7H,5H2,1-4H3. The molecule has 0 amide bonds. The summed E-state index contributed by atoms with van der Waals surface area (Å²) in [5.41, 5.74) is 0.980. The number of hydrogen-bond acceptors (Lipinski definition) is 6. The van der Waals surface area contributed by atoms with Crippen LogP contribution in [-0.2, 0) is 16.0 Å². The SMILES string of the molecule is Cc1nc2c(C=O)c(CC(=O)OC(C)(C)C)cnc2s1. The van der Waals surface area contributed by atoms with Crippen LogP contribution in [-0.4, -0.2) is 27.8 Å². The molecule has 0 saturated carbocycles. The molecule has 106 valence electrons. The summed E-state index contributed by atoms with van der Waals surface area (Å²) in [4.78, 5) is 32.4. The number of carbonyl (C=O) groups is 2. The maximum Gasteiger partial charge on any atom is 0.310 e. The van der Waals surface area contributed by atoms with Crippen LogP contribution in [0.5, 0.6) is 0 Å². The molecule has 2 aromatic rings. The van der Waals surface area contributed by atoms with Crippen molar-refractivity contribution in [2.24, 2.45) is 0 Å². The quantitative estimate of drug-likeness (QED) is 0.642. The van der Waals surface area contributed by atoms with Crippen molar-refractivity contribution in [2.75, 3.05) is 0 Å². The fourth-order valence-electron chi connectivity index (χ4n) is 1.84. The van der Waals surface area contributed by atoms with Crippen molar-refractivity contribution in [1.82, 2.24) is 9.97 Å². The molecule has 2 aromatic heterocycles. The van der Waals surface area contributed by atoms with Gasteiger partial charge >= 0.3 is 5.97 Å². The third-order valence-electron chi connectivity index (χ3n) is 2.53. The van der Waals surface area contributed by atoms with Gasteiger partial charge in [-0.2, -0.15) is 0 Å². The van der Waals surface area contributed by atoms with Crippen molar-refractivity contribution in [3.8, 4) is 0 Å². The highest BCUT2D eigenvalue weighted by Crippen LogP contribution is 2.24. The van der Waals surface area contributed by atoms with E-state index in [4.69, 9.17) is 4.74 Å². The minimum absolute atomic E-state index is 0.0187. The van der Waals surface area contributed by atoms with Crippen LogP contribution in [0.25, 0.3) is 10.3 Å². The number of fused-ring (bicyclic) bond motifs is 1. The van der Waals surface area contributed by atoms with Crippen LogP contribution in [0.15, 0.2) is 6.20 Å². The smallest absolute Gasteiger partial charge is 0.310 e. The van der Waals surface area contributed by atoms with E-state index < -0.39 is 5.60 Å². The van der Waals surface area contributed by atoms with Gasteiger partial charge < -0.3 is 4.74 Å². The van der Waals surface area contributed by atoms with Gasteiger partial charge in [-0.15, -0.1) is 0 Å². The molecule has 0 unspecified atom stereocenters. The molecule has 0 fully saturated rings. The molecule has 0 bridgehead atoms. The minimum atomic E-state index is -0.548. The van der Waals surface area contributed by atoms with Gasteiger partial charge in [0.25, 0.3) is 0 Å². The second-order valence-corrected chi connectivity index (χ2v) is 6.65. The number of hydrogen-bond donors (Lipinski definition) is 0. The summed E-state index contributed by atoms with van der Waals surface area (Å²) in [6.45, 7) is 7.26. The van der Waals surface area contributed by atoms with Crippen LogP contribution in [0.1, 0.15) is 41.7 Å². The predicted molar refractivity (Wildman–Crippen MR) is 77.1 cm³/mol. The molecule has 2 rings (SSSR count). The first kappa shape index (κ1) is 14.6. The lowest BCUT2D eigenvalue weighted by Gasteiger charge is -2.19.